The van der Waals surface area contributed by atoms with Crippen molar-refractivity contribution in [3.63, 3.8) is 0 Å². The standard InChI is InChI=1S/C16H18N4O/c1-2-13-18-15-14(16(21)19-13)20(11-17-15)10-6-9-12-7-4-3-5-8-12/h3-5,7-8,11H,2,6,9-10H2,1H3,(H,18,19,21). The maximum Gasteiger partial charge on any atom is 0.277 e. The van der Waals surface area contributed by atoms with E-state index in [9.17, 15) is 4.79 Å². The molecule has 5 heteroatoms. The number of nitrogens with zero attached hydrogens (tertiary/aromatic N) is 3. The molecule has 3 aromatic rings. The van der Waals surface area contributed by atoms with Crippen LogP contribution in [0.3, 0.4) is 0 Å². The molecule has 2 aromatic heterocycles. The van der Waals surface area contributed by atoms with E-state index in [-0.39, 0.29) is 5.56 Å². The average Bonchev–Trinajstić information content (AvgIpc) is 2.92. The molecule has 21 heavy (non-hydrogen) atoms. The Bertz CT molecular complexity index is 789. The van der Waals surface area contributed by atoms with Crippen LogP contribution in [0.4, 0.5) is 0 Å². The third-order valence-electron chi connectivity index (χ3n) is 3.57. The third-order valence-corrected chi connectivity index (χ3v) is 3.57. The van der Waals surface area contributed by atoms with Crippen LogP contribution in [0.5, 0.6) is 0 Å². The fraction of sp³-hybridized carbons (Fsp3) is 0.312. The van der Waals surface area contributed by atoms with Gasteiger partial charge in [-0.25, -0.2) is 9.97 Å². The second-order valence-corrected chi connectivity index (χ2v) is 5.07. The fourth-order valence-electron chi connectivity index (χ4n) is 2.47. The summed E-state index contributed by atoms with van der Waals surface area (Å²) in [6.45, 7) is 2.72. The van der Waals surface area contributed by atoms with Gasteiger partial charge in [-0.05, 0) is 18.4 Å². The van der Waals surface area contributed by atoms with Crippen molar-refractivity contribution >= 4 is 11.2 Å². The first-order chi connectivity index (χ1) is 10.3. The topological polar surface area (TPSA) is 63.6 Å². The van der Waals surface area contributed by atoms with Gasteiger partial charge in [-0.1, -0.05) is 37.3 Å². The van der Waals surface area contributed by atoms with Crippen molar-refractivity contribution in [3.8, 4) is 0 Å². The SMILES string of the molecule is CCc1nc2ncn(CCCc3ccccc3)c2c(=O)[nH]1. The Morgan fingerprint density at radius 1 is 1.24 bits per heavy atom. The van der Waals surface area contributed by atoms with Gasteiger partial charge in [0, 0.05) is 13.0 Å². The largest absolute Gasteiger partial charge is 0.325 e. The first-order valence-electron chi connectivity index (χ1n) is 7.26. The molecule has 0 amide bonds. The Labute approximate surface area is 122 Å². The van der Waals surface area contributed by atoms with Crippen LogP contribution in [0.1, 0.15) is 24.7 Å². The number of hydrogen-bond acceptors (Lipinski definition) is 3. The summed E-state index contributed by atoms with van der Waals surface area (Å²) in [6.07, 6.45) is 4.35. The molecule has 0 saturated carbocycles. The van der Waals surface area contributed by atoms with Crippen molar-refractivity contribution in [2.45, 2.75) is 32.7 Å². The summed E-state index contributed by atoms with van der Waals surface area (Å²) in [5.41, 5.74) is 2.31. The van der Waals surface area contributed by atoms with E-state index in [4.69, 9.17) is 0 Å². The minimum absolute atomic E-state index is 0.103. The molecule has 0 radical (unpaired) electrons. The maximum absolute atomic E-state index is 12.1. The number of rotatable bonds is 5. The average molecular weight is 282 g/mol. The van der Waals surface area contributed by atoms with Gasteiger partial charge in [0.1, 0.15) is 5.82 Å². The van der Waals surface area contributed by atoms with E-state index in [1.807, 2.05) is 29.7 Å². The van der Waals surface area contributed by atoms with Crippen molar-refractivity contribution in [2.75, 3.05) is 0 Å². The predicted molar refractivity (Wildman–Crippen MR) is 82.3 cm³/mol. The molecule has 1 aromatic carbocycles. The van der Waals surface area contributed by atoms with Crippen molar-refractivity contribution in [2.24, 2.45) is 0 Å². The number of hydrogen-bond donors (Lipinski definition) is 1. The van der Waals surface area contributed by atoms with Gasteiger partial charge >= 0.3 is 0 Å². The van der Waals surface area contributed by atoms with E-state index in [0.717, 1.165) is 19.4 Å². The number of aromatic nitrogens is 4. The zero-order valence-corrected chi connectivity index (χ0v) is 12.0. The Balaban J connectivity index is 1.77. The van der Waals surface area contributed by atoms with Crippen molar-refractivity contribution in [1.82, 2.24) is 19.5 Å². The molecule has 0 aliphatic heterocycles. The van der Waals surface area contributed by atoms with Crippen LogP contribution in [0.15, 0.2) is 41.5 Å². The number of benzene rings is 1. The molecular formula is C16H18N4O. The normalized spacial score (nSPS) is 11.1. The molecule has 1 N–H and O–H groups in total. The molecule has 3 rings (SSSR count). The van der Waals surface area contributed by atoms with Crippen molar-refractivity contribution in [1.29, 1.82) is 0 Å². The van der Waals surface area contributed by atoms with Crippen LogP contribution in [-0.2, 0) is 19.4 Å². The van der Waals surface area contributed by atoms with Gasteiger partial charge in [-0.15, -0.1) is 0 Å². The highest BCUT2D eigenvalue weighted by molar-refractivity contribution is 5.69. The molecule has 0 unspecified atom stereocenters. The summed E-state index contributed by atoms with van der Waals surface area (Å²) in [5, 5.41) is 0. The summed E-state index contributed by atoms with van der Waals surface area (Å²) >= 11 is 0. The number of H-pyrrole nitrogens is 1. The summed E-state index contributed by atoms with van der Waals surface area (Å²) in [5.74, 6) is 0.682. The minimum atomic E-state index is -0.103. The monoisotopic (exact) mass is 282 g/mol. The molecule has 0 spiro atoms. The number of aromatic amines is 1. The van der Waals surface area contributed by atoms with Gasteiger partial charge in [-0.3, -0.25) is 4.79 Å². The van der Waals surface area contributed by atoms with Crippen LogP contribution in [0.25, 0.3) is 11.2 Å². The van der Waals surface area contributed by atoms with E-state index in [0.29, 0.717) is 23.4 Å². The van der Waals surface area contributed by atoms with E-state index in [1.54, 1.807) is 6.33 Å². The van der Waals surface area contributed by atoms with Gasteiger partial charge in [0.05, 0.1) is 6.33 Å². The number of aryl methyl sites for hydroxylation is 3. The van der Waals surface area contributed by atoms with E-state index in [2.05, 4.69) is 27.1 Å². The van der Waals surface area contributed by atoms with Crippen LogP contribution in [-0.4, -0.2) is 19.5 Å². The second kappa shape index (κ2) is 5.91. The van der Waals surface area contributed by atoms with Crippen molar-refractivity contribution < 1.29 is 0 Å². The van der Waals surface area contributed by atoms with Gasteiger partial charge in [-0.2, -0.15) is 0 Å². The van der Waals surface area contributed by atoms with Crippen molar-refractivity contribution in [3.05, 3.63) is 58.4 Å². The molecule has 2 heterocycles. The highest BCUT2D eigenvalue weighted by atomic mass is 16.1. The Kier molecular flexibility index (Phi) is 3.81. The third kappa shape index (κ3) is 2.86. The molecule has 108 valence electrons. The molecule has 0 saturated heterocycles. The van der Waals surface area contributed by atoms with E-state index < -0.39 is 0 Å². The molecule has 0 aliphatic carbocycles. The first kappa shape index (κ1) is 13.5. The van der Waals surface area contributed by atoms with Crippen LogP contribution < -0.4 is 5.56 Å². The van der Waals surface area contributed by atoms with E-state index in [1.165, 1.54) is 5.56 Å². The molecule has 0 atom stereocenters. The molecular weight excluding hydrogens is 264 g/mol. The Morgan fingerprint density at radius 2 is 2.05 bits per heavy atom. The van der Waals surface area contributed by atoms with Gasteiger partial charge < -0.3 is 9.55 Å². The quantitative estimate of drug-likeness (QED) is 0.781. The summed E-state index contributed by atoms with van der Waals surface area (Å²) in [7, 11) is 0. The van der Waals surface area contributed by atoms with Gasteiger partial charge in [0.15, 0.2) is 11.2 Å². The molecule has 5 nitrogen and oxygen atoms in total. The molecule has 0 aliphatic rings. The zero-order chi connectivity index (χ0) is 14.7. The predicted octanol–water partition coefficient (Wildman–Crippen LogP) is 2.31. The number of nitrogens with one attached hydrogen (secondary N) is 1. The lowest BCUT2D eigenvalue weighted by molar-refractivity contribution is 0.655. The van der Waals surface area contributed by atoms with E-state index >= 15 is 0 Å². The van der Waals surface area contributed by atoms with Gasteiger partial charge in [0.2, 0.25) is 0 Å². The smallest absolute Gasteiger partial charge is 0.277 e. The minimum Gasteiger partial charge on any atom is -0.325 e. The van der Waals surface area contributed by atoms with Gasteiger partial charge in [0.25, 0.3) is 5.56 Å². The summed E-state index contributed by atoms with van der Waals surface area (Å²) < 4.78 is 1.89. The lowest BCUT2D eigenvalue weighted by atomic mass is 10.1. The number of fused-ring (bicyclic) bond motifs is 1. The highest BCUT2D eigenvalue weighted by Crippen LogP contribution is 2.09. The summed E-state index contributed by atoms with van der Waals surface area (Å²) in [4.78, 5) is 23.5. The number of imidazole rings is 1. The van der Waals surface area contributed by atoms with Crippen LogP contribution >= 0.6 is 0 Å². The maximum atomic E-state index is 12.1. The zero-order valence-electron chi connectivity index (χ0n) is 12.0. The summed E-state index contributed by atoms with van der Waals surface area (Å²) in [6, 6.07) is 10.3. The Hall–Kier alpha value is -2.43. The lowest BCUT2D eigenvalue weighted by Gasteiger charge is -2.04. The van der Waals surface area contributed by atoms with Crippen LogP contribution in [0, 0.1) is 0 Å². The highest BCUT2D eigenvalue weighted by Gasteiger charge is 2.09. The first-order valence-corrected chi connectivity index (χ1v) is 7.26. The fourth-order valence-corrected chi connectivity index (χ4v) is 2.47. The second-order valence-electron chi connectivity index (χ2n) is 5.07. The van der Waals surface area contributed by atoms with Crippen LogP contribution in [0.2, 0.25) is 0 Å². The molecule has 0 fully saturated rings. The lowest BCUT2D eigenvalue weighted by Crippen LogP contribution is -2.14. The molecule has 0 bridgehead atoms. The Morgan fingerprint density at radius 3 is 2.81 bits per heavy atom.